The maximum atomic E-state index is 4.16. The Hall–Kier alpha value is -1.64. The van der Waals surface area contributed by atoms with Gasteiger partial charge < -0.3 is 0 Å². The van der Waals surface area contributed by atoms with Gasteiger partial charge in [0.05, 0.1) is 6.20 Å². The zero-order chi connectivity index (χ0) is 12.3. The van der Waals surface area contributed by atoms with Gasteiger partial charge in [0.25, 0.3) is 0 Å². The minimum Gasteiger partial charge on any atom is -0.197 e. The molecule has 3 rings (SSSR count). The number of hydrogen-bond acceptors (Lipinski definition) is 2. The normalized spacial score (nSPS) is 12.9. The Morgan fingerprint density at radius 1 is 1.12 bits per heavy atom. The highest BCUT2D eigenvalue weighted by Crippen LogP contribution is 2.33. The Bertz CT molecular complexity index is 486. The first-order chi connectivity index (χ1) is 8.36. The first-order valence-corrected chi connectivity index (χ1v) is 6.34. The van der Waals surface area contributed by atoms with Crippen LogP contribution in [0.5, 0.6) is 0 Å². The molecule has 3 heteroatoms. The van der Waals surface area contributed by atoms with Crippen molar-refractivity contribution in [3.05, 3.63) is 35.0 Å². The van der Waals surface area contributed by atoms with Crippen LogP contribution in [0.2, 0.25) is 0 Å². The zero-order valence-corrected chi connectivity index (χ0v) is 10.7. The van der Waals surface area contributed by atoms with Crippen molar-refractivity contribution >= 4 is 0 Å². The van der Waals surface area contributed by atoms with E-state index in [4.69, 9.17) is 0 Å². The second-order valence-corrected chi connectivity index (χ2v) is 4.10. The molecule has 90 valence electrons. The summed E-state index contributed by atoms with van der Waals surface area (Å²) in [5.41, 5.74) is 6.63. The van der Waals surface area contributed by atoms with Crippen LogP contribution in [0.3, 0.4) is 0 Å². The molecule has 0 amide bonds. The van der Waals surface area contributed by atoms with Gasteiger partial charge in [-0.25, -0.2) is 0 Å². The Labute approximate surface area is 102 Å². The van der Waals surface area contributed by atoms with Crippen molar-refractivity contribution in [1.29, 1.82) is 0 Å². The summed E-state index contributed by atoms with van der Waals surface area (Å²) in [6.07, 6.45) is 5.46. The van der Waals surface area contributed by atoms with Gasteiger partial charge in [-0.2, -0.15) is 15.4 Å². The van der Waals surface area contributed by atoms with Gasteiger partial charge in [0.15, 0.2) is 0 Å². The van der Waals surface area contributed by atoms with Crippen molar-refractivity contribution in [2.75, 3.05) is 0 Å². The third kappa shape index (κ3) is 2.09. The predicted octanol–water partition coefficient (Wildman–Crippen LogP) is 3.30. The highest BCUT2D eigenvalue weighted by atomic mass is 15.3. The van der Waals surface area contributed by atoms with Gasteiger partial charge >= 0.3 is 0 Å². The molecule has 0 spiro atoms. The van der Waals surface area contributed by atoms with E-state index >= 15 is 0 Å². The van der Waals surface area contributed by atoms with Crippen molar-refractivity contribution in [2.45, 2.75) is 40.0 Å². The lowest BCUT2D eigenvalue weighted by molar-refractivity contribution is 0.909. The van der Waals surface area contributed by atoms with E-state index in [0.717, 1.165) is 5.69 Å². The highest BCUT2D eigenvalue weighted by Gasteiger charge is 2.18. The smallest absolute Gasteiger partial charge is 0.113 e. The number of aromatic nitrogens is 3. The third-order valence-electron chi connectivity index (χ3n) is 3.21. The fourth-order valence-corrected chi connectivity index (χ4v) is 2.46. The standard InChI is InChI=1S/C12H13N3.C2H6/c1-8-5-6-11(12-7-13-15-14-12)10-4-2-3-9(8)10;1-2/h5-7H,2-4H2,1H3,(H,13,14,15);1-2H3. The second-order valence-electron chi connectivity index (χ2n) is 4.10. The van der Waals surface area contributed by atoms with Crippen LogP contribution >= 0.6 is 0 Å². The molecule has 1 aromatic heterocycles. The molecule has 0 atom stereocenters. The van der Waals surface area contributed by atoms with E-state index in [9.17, 15) is 0 Å². The third-order valence-corrected chi connectivity index (χ3v) is 3.21. The highest BCUT2D eigenvalue weighted by molar-refractivity contribution is 5.66. The van der Waals surface area contributed by atoms with E-state index in [-0.39, 0.29) is 0 Å². The van der Waals surface area contributed by atoms with Crippen LogP contribution in [0.15, 0.2) is 18.3 Å². The van der Waals surface area contributed by atoms with Crippen LogP contribution in [-0.2, 0) is 12.8 Å². The number of fused-ring (bicyclic) bond motifs is 1. The summed E-state index contributed by atoms with van der Waals surface area (Å²) in [4.78, 5) is 0. The minimum absolute atomic E-state index is 0.966. The molecule has 1 heterocycles. The molecule has 1 aromatic carbocycles. The van der Waals surface area contributed by atoms with E-state index in [1.54, 1.807) is 6.20 Å². The Balaban J connectivity index is 0.000000514. The average Bonchev–Trinajstić information content (AvgIpc) is 3.03. The van der Waals surface area contributed by atoms with Crippen LogP contribution < -0.4 is 0 Å². The fourth-order valence-electron chi connectivity index (χ4n) is 2.46. The number of aryl methyl sites for hydroxylation is 1. The summed E-state index contributed by atoms with van der Waals surface area (Å²) >= 11 is 0. The van der Waals surface area contributed by atoms with Crippen LogP contribution in [0.1, 0.15) is 37.0 Å². The summed E-state index contributed by atoms with van der Waals surface area (Å²) in [5, 5.41) is 10.7. The van der Waals surface area contributed by atoms with Crippen molar-refractivity contribution in [3.8, 4) is 11.3 Å². The first kappa shape index (κ1) is 11.8. The predicted molar refractivity (Wildman–Crippen MR) is 69.9 cm³/mol. The van der Waals surface area contributed by atoms with Gasteiger partial charge in [-0.05, 0) is 42.9 Å². The van der Waals surface area contributed by atoms with Gasteiger partial charge in [-0.3, -0.25) is 0 Å². The largest absolute Gasteiger partial charge is 0.197 e. The Kier molecular flexibility index (Phi) is 3.57. The van der Waals surface area contributed by atoms with Crippen LogP contribution in [-0.4, -0.2) is 15.4 Å². The summed E-state index contributed by atoms with van der Waals surface area (Å²) in [6, 6.07) is 4.35. The second kappa shape index (κ2) is 5.13. The Morgan fingerprint density at radius 2 is 1.88 bits per heavy atom. The van der Waals surface area contributed by atoms with Gasteiger partial charge in [-0.15, -0.1) is 0 Å². The molecule has 1 aliphatic rings. The van der Waals surface area contributed by atoms with Crippen LogP contribution in [0.25, 0.3) is 11.3 Å². The molecule has 0 saturated carbocycles. The summed E-state index contributed by atoms with van der Waals surface area (Å²) in [5.74, 6) is 0. The summed E-state index contributed by atoms with van der Waals surface area (Å²) in [6.45, 7) is 6.19. The number of hydrogen-bond donors (Lipinski definition) is 1. The van der Waals surface area contributed by atoms with E-state index in [0.29, 0.717) is 0 Å². The lowest BCUT2D eigenvalue weighted by Gasteiger charge is -2.08. The lowest BCUT2D eigenvalue weighted by atomic mass is 9.97. The zero-order valence-electron chi connectivity index (χ0n) is 10.7. The maximum Gasteiger partial charge on any atom is 0.113 e. The molecule has 1 aliphatic carbocycles. The molecule has 17 heavy (non-hydrogen) atoms. The van der Waals surface area contributed by atoms with Gasteiger partial charge in [-0.1, -0.05) is 26.0 Å². The first-order valence-electron chi connectivity index (χ1n) is 6.34. The molecule has 1 N–H and O–H groups in total. The molecule has 3 nitrogen and oxygen atoms in total. The van der Waals surface area contributed by atoms with Crippen LogP contribution in [0.4, 0.5) is 0 Å². The molecular formula is C14H19N3. The van der Waals surface area contributed by atoms with E-state index in [2.05, 4.69) is 34.5 Å². The number of benzene rings is 1. The molecular weight excluding hydrogens is 210 g/mol. The number of H-pyrrole nitrogens is 1. The molecule has 0 saturated heterocycles. The van der Waals surface area contributed by atoms with E-state index in [1.807, 2.05) is 13.8 Å². The monoisotopic (exact) mass is 229 g/mol. The molecule has 0 unspecified atom stereocenters. The minimum atomic E-state index is 0.966. The topological polar surface area (TPSA) is 41.6 Å². The fraction of sp³-hybridized carbons (Fsp3) is 0.429. The Morgan fingerprint density at radius 3 is 2.59 bits per heavy atom. The number of rotatable bonds is 1. The van der Waals surface area contributed by atoms with Crippen molar-refractivity contribution in [1.82, 2.24) is 15.4 Å². The molecule has 0 radical (unpaired) electrons. The van der Waals surface area contributed by atoms with Crippen molar-refractivity contribution < 1.29 is 0 Å². The van der Waals surface area contributed by atoms with Gasteiger partial charge in [0, 0.05) is 5.56 Å². The quantitative estimate of drug-likeness (QED) is 0.815. The summed E-state index contributed by atoms with van der Waals surface area (Å²) < 4.78 is 0. The number of nitrogens with zero attached hydrogens (tertiary/aromatic N) is 2. The van der Waals surface area contributed by atoms with Gasteiger partial charge in [0.1, 0.15) is 5.69 Å². The van der Waals surface area contributed by atoms with Gasteiger partial charge in [0.2, 0.25) is 0 Å². The number of aromatic amines is 1. The number of nitrogens with one attached hydrogen (secondary N) is 1. The summed E-state index contributed by atoms with van der Waals surface area (Å²) in [7, 11) is 0. The molecule has 2 aromatic rings. The van der Waals surface area contributed by atoms with E-state index < -0.39 is 0 Å². The van der Waals surface area contributed by atoms with Crippen molar-refractivity contribution in [3.63, 3.8) is 0 Å². The van der Waals surface area contributed by atoms with E-state index in [1.165, 1.54) is 41.5 Å². The molecule has 0 aliphatic heterocycles. The maximum absolute atomic E-state index is 4.16. The van der Waals surface area contributed by atoms with Crippen LogP contribution in [0, 0.1) is 6.92 Å². The average molecular weight is 229 g/mol. The van der Waals surface area contributed by atoms with Crippen molar-refractivity contribution in [2.24, 2.45) is 0 Å². The SMILES string of the molecule is CC.Cc1ccc(-c2cn[nH]n2)c2c1CCC2. The lowest BCUT2D eigenvalue weighted by Crippen LogP contribution is -1.92. The molecule has 0 bridgehead atoms. The molecule has 0 fully saturated rings.